The summed E-state index contributed by atoms with van der Waals surface area (Å²) in [5, 5.41) is 23.0. The molecule has 0 spiro atoms. The van der Waals surface area contributed by atoms with Gasteiger partial charge in [-0.25, -0.2) is 0 Å². The number of unbranched alkanes of at least 4 members (excludes halogenated alkanes) is 39. The predicted molar refractivity (Wildman–Crippen MR) is 287 cm³/mol. The van der Waals surface area contributed by atoms with Crippen LogP contribution in [-0.2, 0) is 14.3 Å². The average molecular weight is 929 g/mol. The van der Waals surface area contributed by atoms with Crippen LogP contribution >= 0.6 is 0 Å². The molecule has 2 atom stereocenters. The summed E-state index contributed by atoms with van der Waals surface area (Å²) < 4.78 is 5.47. The van der Waals surface area contributed by atoms with E-state index in [1.807, 2.05) is 6.08 Å². The van der Waals surface area contributed by atoms with Gasteiger partial charge in [0.1, 0.15) is 0 Å². The first-order valence-corrected chi connectivity index (χ1v) is 29.3. The van der Waals surface area contributed by atoms with Crippen LogP contribution < -0.4 is 5.32 Å². The highest BCUT2D eigenvalue weighted by Crippen LogP contribution is 2.16. The van der Waals surface area contributed by atoms with Gasteiger partial charge in [-0.15, -0.1) is 0 Å². The van der Waals surface area contributed by atoms with Gasteiger partial charge in [0, 0.05) is 12.8 Å². The van der Waals surface area contributed by atoms with Crippen LogP contribution in [-0.4, -0.2) is 47.4 Å². The normalized spacial score (nSPS) is 12.8. The Hall–Kier alpha value is -1.92. The molecule has 6 nitrogen and oxygen atoms in total. The molecule has 0 aliphatic rings. The van der Waals surface area contributed by atoms with E-state index in [4.69, 9.17) is 4.74 Å². The van der Waals surface area contributed by atoms with Crippen molar-refractivity contribution in [2.75, 3.05) is 13.2 Å². The maximum absolute atomic E-state index is 12.4. The molecule has 0 radical (unpaired) electrons. The van der Waals surface area contributed by atoms with Crippen molar-refractivity contribution in [2.24, 2.45) is 0 Å². The molecular formula is C60H113NO5. The van der Waals surface area contributed by atoms with E-state index < -0.39 is 12.1 Å². The van der Waals surface area contributed by atoms with Crippen molar-refractivity contribution in [3.05, 3.63) is 36.5 Å². The molecule has 0 bridgehead atoms. The van der Waals surface area contributed by atoms with Gasteiger partial charge in [-0.05, 0) is 83.5 Å². The zero-order valence-electron chi connectivity index (χ0n) is 44.2. The van der Waals surface area contributed by atoms with Crippen molar-refractivity contribution in [3.8, 4) is 0 Å². The number of aliphatic hydroxyl groups excluding tert-OH is 2. The van der Waals surface area contributed by atoms with Gasteiger partial charge in [-0.1, -0.05) is 249 Å². The monoisotopic (exact) mass is 928 g/mol. The molecule has 0 rings (SSSR count). The summed E-state index contributed by atoms with van der Waals surface area (Å²) in [6.45, 7) is 4.88. The van der Waals surface area contributed by atoms with E-state index in [9.17, 15) is 19.8 Å². The van der Waals surface area contributed by atoms with Gasteiger partial charge in [0.15, 0.2) is 0 Å². The van der Waals surface area contributed by atoms with Crippen LogP contribution in [0.5, 0.6) is 0 Å². The van der Waals surface area contributed by atoms with Gasteiger partial charge >= 0.3 is 5.97 Å². The Morgan fingerprint density at radius 3 is 1.09 bits per heavy atom. The van der Waals surface area contributed by atoms with Crippen LogP contribution in [0.3, 0.4) is 0 Å². The van der Waals surface area contributed by atoms with Crippen LogP contribution in [0.2, 0.25) is 0 Å². The molecule has 2 unspecified atom stereocenters. The fourth-order valence-corrected chi connectivity index (χ4v) is 8.86. The maximum atomic E-state index is 12.4. The lowest BCUT2D eigenvalue weighted by Gasteiger charge is -2.20. The Balaban J connectivity index is 3.42. The van der Waals surface area contributed by atoms with Gasteiger partial charge < -0.3 is 20.3 Å². The largest absolute Gasteiger partial charge is 0.466 e. The van der Waals surface area contributed by atoms with Crippen LogP contribution in [0.25, 0.3) is 0 Å². The molecule has 0 aromatic carbocycles. The highest BCUT2D eigenvalue weighted by molar-refractivity contribution is 5.76. The van der Waals surface area contributed by atoms with E-state index in [-0.39, 0.29) is 18.5 Å². The highest BCUT2D eigenvalue weighted by atomic mass is 16.5. The van der Waals surface area contributed by atoms with Gasteiger partial charge in [-0.2, -0.15) is 0 Å². The van der Waals surface area contributed by atoms with E-state index >= 15 is 0 Å². The number of carbonyl (C=O) groups is 2. The van der Waals surface area contributed by atoms with Crippen molar-refractivity contribution in [1.29, 1.82) is 0 Å². The van der Waals surface area contributed by atoms with E-state index in [1.165, 1.54) is 238 Å². The van der Waals surface area contributed by atoms with Crippen LogP contribution in [0.1, 0.15) is 309 Å². The average Bonchev–Trinajstić information content (AvgIpc) is 3.32. The lowest BCUT2D eigenvalue weighted by atomic mass is 10.0. The van der Waals surface area contributed by atoms with Gasteiger partial charge in [0.2, 0.25) is 5.91 Å². The number of esters is 1. The summed E-state index contributed by atoms with van der Waals surface area (Å²) in [6, 6.07) is -0.630. The minimum absolute atomic E-state index is 0.00241. The standard InChI is InChI=1S/C60H113NO5/c1-3-5-7-9-11-13-15-29-34-38-42-46-50-54-60(65)66-55-51-47-43-39-35-31-28-26-24-22-20-18-17-19-21-23-25-27-30-33-37-41-45-49-53-59(64)61-57(56-62)58(63)52-48-44-40-36-32-16-14-12-10-8-6-4-2/h13,15,19,21,48,52,57-58,62-63H,3-12,14,16-18,20,22-47,49-51,53-56H2,1-2H3,(H,61,64)/b15-13-,21-19-,52-48+. The quantitative estimate of drug-likeness (QED) is 0.0321. The minimum Gasteiger partial charge on any atom is -0.466 e. The zero-order valence-corrected chi connectivity index (χ0v) is 44.2. The molecule has 66 heavy (non-hydrogen) atoms. The number of aliphatic hydroxyl groups is 2. The van der Waals surface area contributed by atoms with Crippen LogP contribution in [0.15, 0.2) is 36.5 Å². The number of hydrogen-bond acceptors (Lipinski definition) is 5. The molecule has 0 aliphatic heterocycles. The van der Waals surface area contributed by atoms with Crippen molar-refractivity contribution in [1.82, 2.24) is 5.32 Å². The zero-order chi connectivity index (χ0) is 47.9. The Morgan fingerprint density at radius 1 is 0.409 bits per heavy atom. The van der Waals surface area contributed by atoms with Gasteiger partial charge in [0.05, 0.1) is 25.4 Å². The lowest BCUT2D eigenvalue weighted by Crippen LogP contribution is -2.45. The third-order valence-corrected chi connectivity index (χ3v) is 13.4. The molecule has 0 fully saturated rings. The van der Waals surface area contributed by atoms with Crippen molar-refractivity contribution >= 4 is 11.9 Å². The first kappa shape index (κ1) is 64.1. The summed E-state index contributed by atoms with van der Waals surface area (Å²) >= 11 is 0. The van der Waals surface area contributed by atoms with Crippen molar-refractivity contribution < 1.29 is 24.5 Å². The molecule has 0 aliphatic carbocycles. The summed E-state index contributed by atoms with van der Waals surface area (Å²) in [5.74, 6) is -0.0709. The Kier molecular flexibility index (Phi) is 54.1. The van der Waals surface area contributed by atoms with Crippen LogP contribution in [0.4, 0.5) is 0 Å². The van der Waals surface area contributed by atoms with E-state index in [2.05, 4.69) is 43.5 Å². The second-order valence-electron chi connectivity index (χ2n) is 20.0. The lowest BCUT2D eigenvalue weighted by molar-refractivity contribution is -0.143. The summed E-state index contributed by atoms with van der Waals surface area (Å²) in [5.41, 5.74) is 0. The SMILES string of the molecule is CCCCCC/C=C\CCCCCCCC(=O)OCCCCCCCCCCCCCC/C=C\CCCCCCCCCCC(=O)NC(CO)C(O)/C=C/CCCCCCCCCCCC. The summed E-state index contributed by atoms with van der Waals surface area (Å²) in [4.78, 5) is 24.4. The summed E-state index contributed by atoms with van der Waals surface area (Å²) in [6.07, 6.45) is 68.9. The topological polar surface area (TPSA) is 95.9 Å². The molecular weight excluding hydrogens is 815 g/mol. The molecule has 6 heteroatoms. The molecule has 1 amide bonds. The van der Waals surface area contributed by atoms with Crippen molar-refractivity contribution in [2.45, 2.75) is 321 Å². The summed E-state index contributed by atoms with van der Waals surface area (Å²) in [7, 11) is 0. The van der Waals surface area contributed by atoms with E-state index in [1.54, 1.807) is 6.08 Å². The van der Waals surface area contributed by atoms with E-state index in [0.29, 0.717) is 19.4 Å². The number of amides is 1. The number of nitrogens with one attached hydrogen (secondary N) is 1. The molecule has 0 saturated heterocycles. The first-order valence-electron chi connectivity index (χ1n) is 29.3. The first-order chi connectivity index (χ1) is 32.5. The molecule has 0 saturated carbocycles. The van der Waals surface area contributed by atoms with Gasteiger partial charge in [-0.3, -0.25) is 9.59 Å². The minimum atomic E-state index is -0.846. The number of allylic oxidation sites excluding steroid dienone is 5. The smallest absolute Gasteiger partial charge is 0.305 e. The fourth-order valence-electron chi connectivity index (χ4n) is 8.86. The second-order valence-corrected chi connectivity index (χ2v) is 20.0. The second kappa shape index (κ2) is 55.7. The molecule has 3 N–H and O–H groups in total. The number of hydrogen-bond donors (Lipinski definition) is 3. The number of rotatable bonds is 54. The van der Waals surface area contributed by atoms with Gasteiger partial charge in [0.25, 0.3) is 0 Å². The Bertz CT molecular complexity index is 1070. The predicted octanol–water partition coefficient (Wildman–Crippen LogP) is 18.0. The molecule has 388 valence electrons. The molecule has 0 heterocycles. The molecule has 0 aromatic rings. The third kappa shape index (κ3) is 51.5. The maximum Gasteiger partial charge on any atom is 0.305 e. The fraction of sp³-hybridized carbons (Fsp3) is 0.867. The van der Waals surface area contributed by atoms with Crippen molar-refractivity contribution in [3.63, 3.8) is 0 Å². The highest BCUT2D eigenvalue weighted by Gasteiger charge is 2.18. The van der Waals surface area contributed by atoms with E-state index in [0.717, 1.165) is 44.9 Å². The number of carbonyl (C=O) groups excluding carboxylic acids is 2. The number of ether oxygens (including phenoxy) is 1. The third-order valence-electron chi connectivity index (χ3n) is 13.4. The Labute approximate surface area is 411 Å². The Morgan fingerprint density at radius 2 is 0.712 bits per heavy atom. The van der Waals surface area contributed by atoms with Crippen LogP contribution in [0, 0.1) is 0 Å². The molecule has 0 aromatic heterocycles.